The molecule has 1 aromatic heterocycles. The van der Waals surface area contributed by atoms with Gasteiger partial charge < -0.3 is 10.4 Å². The predicted octanol–water partition coefficient (Wildman–Crippen LogP) is 8.03. The number of nitrogens with zero attached hydrogens (tertiary/aromatic N) is 2. The van der Waals surface area contributed by atoms with E-state index in [1.165, 1.54) is 25.3 Å². The molecular formula is C28H26BrCl2N3O2. The molecule has 186 valence electrons. The lowest BCUT2D eigenvalue weighted by Crippen LogP contribution is -2.18. The Morgan fingerprint density at radius 3 is 2.31 bits per heavy atom. The van der Waals surface area contributed by atoms with E-state index in [0.717, 1.165) is 47.4 Å². The molecule has 0 amide bonds. The van der Waals surface area contributed by atoms with Gasteiger partial charge >= 0.3 is 0 Å². The Balaban J connectivity index is 0.00000304. The average Bonchev–Trinajstić information content (AvgIpc) is 3.36. The third-order valence-electron chi connectivity index (χ3n) is 6.43. The van der Waals surface area contributed by atoms with Gasteiger partial charge in [0.15, 0.2) is 11.5 Å². The van der Waals surface area contributed by atoms with Crippen LogP contribution in [0.4, 0.5) is 11.4 Å². The smallest absolute Gasteiger partial charge is 0.163 e. The van der Waals surface area contributed by atoms with Crippen LogP contribution < -0.4 is 5.32 Å². The number of hydrogen-bond acceptors (Lipinski definition) is 5. The van der Waals surface area contributed by atoms with Gasteiger partial charge in [0.25, 0.3) is 0 Å². The molecule has 0 radical (unpaired) electrons. The van der Waals surface area contributed by atoms with Crippen molar-refractivity contribution >= 4 is 68.2 Å². The molecule has 5 rings (SSSR count). The van der Waals surface area contributed by atoms with Crippen molar-refractivity contribution < 1.29 is 9.90 Å². The summed E-state index contributed by atoms with van der Waals surface area (Å²) in [4.78, 5) is 19.5. The Labute approximate surface area is 230 Å². The quantitative estimate of drug-likeness (QED) is 0.224. The minimum atomic E-state index is -0.145. The van der Waals surface area contributed by atoms with E-state index in [0.29, 0.717) is 11.3 Å². The molecule has 0 spiro atoms. The number of pyridine rings is 1. The summed E-state index contributed by atoms with van der Waals surface area (Å²) in [5.41, 5.74) is 5.73. The number of anilines is 2. The fourth-order valence-corrected chi connectivity index (χ4v) is 5.03. The molecule has 1 aliphatic heterocycles. The Morgan fingerprint density at radius 2 is 1.67 bits per heavy atom. The van der Waals surface area contributed by atoms with Crippen LogP contribution in [-0.2, 0) is 6.54 Å². The van der Waals surface area contributed by atoms with Crippen LogP contribution in [0, 0.1) is 0 Å². The molecule has 36 heavy (non-hydrogen) atoms. The Morgan fingerprint density at radius 1 is 1.00 bits per heavy atom. The van der Waals surface area contributed by atoms with Gasteiger partial charge in [-0.3, -0.25) is 14.7 Å². The first-order chi connectivity index (χ1) is 16.9. The second-order valence-electron chi connectivity index (χ2n) is 8.93. The minimum Gasteiger partial charge on any atom is -0.505 e. The molecule has 0 bridgehead atoms. The molecule has 0 unspecified atom stereocenters. The van der Waals surface area contributed by atoms with Crippen molar-refractivity contribution in [2.75, 3.05) is 18.4 Å². The van der Waals surface area contributed by atoms with Gasteiger partial charge in [0.05, 0.1) is 26.8 Å². The lowest BCUT2D eigenvalue weighted by Gasteiger charge is -2.17. The first-order valence-electron chi connectivity index (χ1n) is 11.6. The summed E-state index contributed by atoms with van der Waals surface area (Å²) in [6.45, 7) is 4.81. The Hall–Kier alpha value is -2.64. The zero-order valence-electron chi connectivity index (χ0n) is 19.7. The summed E-state index contributed by atoms with van der Waals surface area (Å²) >= 11 is 12.3. The normalized spacial score (nSPS) is 13.5. The van der Waals surface area contributed by atoms with Gasteiger partial charge in [0.1, 0.15) is 0 Å². The number of aromatic hydroxyl groups is 1. The van der Waals surface area contributed by atoms with Crippen molar-refractivity contribution in [2.24, 2.45) is 0 Å². The van der Waals surface area contributed by atoms with Crippen LogP contribution in [0.3, 0.4) is 0 Å². The second-order valence-corrected chi connectivity index (χ2v) is 9.74. The summed E-state index contributed by atoms with van der Waals surface area (Å²) in [7, 11) is 0. The number of rotatable bonds is 6. The van der Waals surface area contributed by atoms with Crippen molar-refractivity contribution in [3.05, 3.63) is 82.0 Å². The summed E-state index contributed by atoms with van der Waals surface area (Å²) in [5, 5.41) is 14.5. The van der Waals surface area contributed by atoms with Crippen molar-refractivity contribution in [1.29, 1.82) is 0 Å². The van der Waals surface area contributed by atoms with E-state index in [4.69, 9.17) is 23.2 Å². The number of aromatic nitrogens is 1. The maximum Gasteiger partial charge on any atom is 0.163 e. The predicted molar refractivity (Wildman–Crippen MR) is 153 cm³/mol. The highest BCUT2D eigenvalue weighted by molar-refractivity contribution is 8.93. The number of benzene rings is 3. The molecule has 5 nitrogen and oxygen atoms in total. The third kappa shape index (κ3) is 5.52. The van der Waals surface area contributed by atoms with E-state index >= 15 is 0 Å². The lowest BCUT2D eigenvalue weighted by atomic mass is 10.00. The van der Waals surface area contributed by atoms with Crippen molar-refractivity contribution in [1.82, 2.24) is 9.88 Å². The highest BCUT2D eigenvalue weighted by Gasteiger charge is 2.16. The molecule has 0 atom stereocenters. The largest absolute Gasteiger partial charge is 0.505 e. The van der Waals surface area contributed by atoms with Gasteiger partial charge in [-0.15, -0.1) is 17.0 Å². The zero-order chi connectivity index (χ0) is 24.5. The van der Waals surface area contributed by atoms with Gasteiger partial charge in [-0.2, -0.15) is 0 Å². The molecule has 3 aromatic carbocycles. The molecular weight excluding hydrogens is 561 g/mol. The van der Waals surface area contributed by atoms with Crippen LogP contribution in [0.1, 0.15) is 35.7 Å². The maximum atomic E-state index is 12.5. The van der Waals surface area contributed by atoms with E-state index in [2.05, 4.69) is 27.3 Å². The molecule has 1 saturated heterocycles. The molecule has 0 saturated carbocycles. The van der Waals surface area contributed by atoms with Crippen LogP contribution >= 0.6 is 40.2 Å². The number of phenols is 1. The van der Waals surface area contributed by atoms with E-state index in [1.807, 2.05) is 30.3 Å². The molecule has 2 heterocycles. The first-order valence-corrected chi connectivity index (χ1v) is 12.3. The number of carbonyl (C=O) groups excluding carboxylic acids is 1. The topological polar surface area (TPSA) is 65.5 Å². The van der Waals surface area contributed by atoms with Crippen LogP contribution in [0.5, 0.6) is 5.75 Å². The highest BCUT2D eigenvalue weighted by atomic mass is 79.9. The van der Waals surface area contributed by atoms with Crippen molar-refractivity contribution in [3.63, 3.8) is 0 Å². The number of carbonyl (C=O) groups is 1. The number of ketones is 1. The van der Waals surface area contributed by atoms with Crippen LogP contribution in [0.25, 0.3) is 22.0 Å². The standard InChI is InChI=1S/C28H25Cl2N3O2.BrH/c1-17(34)23-15-31-26-9-6-19(20-13-24(29)28(35)25(30)14-20)12-22(26)27(23)32-21-7-4-18(5-8-21)16-33-10-2-3-11-33;/h4-9,12-15,35H,2-3,10-11,16H2,1H3,(H,31,32);1H. The van der Waals surface area contributed by atoms with Gasteiger partial charge in [0, 0.05) is 23.8 Å². The van der Waals surface area contributed by atoms with E-state index in [-0.39, 0.29) is 38.6 Å². The molecule has 1 fully saturated rings. The SMILES string of the molecule is Br.CC(=O)c1cnc2ccc(-c3cc(Cl)c(O)c(Cl)c3)cc2c1Nc1ccc(CN2CCCC2)cc1. The number of likely N-dealkylation sites (tertiary alicyclic amines) is 1. The van der Waals surface area contributed by atoms with Gasteiger partial charge in [-0.25, -0.2) is 0 Å². The average molecular weight is 587 g/mol. The fourth-order valence-electron chi connectivity index (χ4n) is 4.54. The van der Waals surface area contributed by atoms with Gasteiger partial charge in [-0.1, -0.05) is 41.4 Å². The molecule has 8 heteroatoms. The van der Waals surface area contributed by atoms with Gasteiger partial charge in [-0.05, 0) is 85.9 Å². The van der Waals surface area contributed by atoms with Crippen LogP contribution in [0.2, 0.25) is 10.0 Å². The zero-order valence-corrected chi connectivity index (χ0v) is 22.9. The van der Waals surface area contributed by atoms with E-state index in [9.17, 15) is 9.90 Å². The number of halogens is 3. The minimum absolute atomic E-state index is 0. The van der Waals surface area contributed by atoms with Crippen LogP contribution in [-0.4, -0.2) is 33.9 Å². The summed E-state index contributed by atoms with van der Waals surface area (Å²) in [5.74, 6) is -0.220. The Kier molecular flexibility index (Phi) is 8.20. The van der Waals surface area contributed by atoms with E-state index in [1.54, 1.807) is 18.3 Å². The summed E-state index contributed by atoms with van der Waals surface area (Å²) in [6, 6.07) is 17.4. The monoisotopic (exact) mass is 585 g/mol. The number of Topliss-reactive ketones (excluding diaryl/α,β-unsaturated/α-hetero) is 1. The maximum absolute atomic E-state index is 12.5. The molecule has 1 aliphatic rings. The summed E-state index contributed by atoms with van der Waals surface area (Å²) in [6.07, 6.45) is 4.16. The second kappa shape index (κ2) is 11.2. The third-order valence-corrected chi connectivity index (χ3v) is 7.00. The number of nitrogens with one attached hydrogen (secondary N) is 1. The van der Waals surface area contributed by atoms with Crippen molar-refractivity contribution in [2.45, 2.75) is 26.3 Å². The fraction of sp³-hybridized carbons (Fsp3) is 0.214. The number of fused-ring (bicyclic) bond motifs is 1. The van der Waals surface area contributed by atoms with Crippen molar-refractivity contribution in [3.8, 4) is 16.9 Å². The van der Waals surface area contributed by atoms with E-state index < -0.39 is 0 Å². The summed E-state index contributed by atoms with van der Waals surface area (Å²) < 4.78 is 0. The van der Waals surface area contributed by atoms with Gasteiger partial charge in [0.2, 0.25) is 0 Å². The molecule has 4 aromatic rings. The first kappa shape index (κ1) is 26.4. The Bertz CT molecular complexity index is 1400. The number of hydrogen-bond donors (Lipinski definition) is 2. The lowest BCUT2D eigenvalue weighted by molar-refractivity contribution is 0.101. The molecule has 2 N–H and O–H groups in total. The number of phenolic OH excluding ortho intramolecular Hbond substituents is 1. The van der Waals surface area contributed by atoms with Crippen LogP contribution in [0.15, 0.2) is 60.8 Å². The highest BCUT2D eigenvalue weighted by Crippen LogP contribution is 2.38. The molecule has 0 aliphatic carbocycles.